The van der Waals surface area contributed by atoms with Crippen LogP contribution in [0.2, 0.25) is 0 Å². The molecule has 0 saturated carbocycles. The number of hydrogen-bond acceptors (Lipinski definition) is 4. The summed E-state index contributed by atoms with van der Waals surface area (Å²) in [6, 6.07) is 11.1. The number of methoxy groups -OCH3 is 2. The van der Waals surface area contributed by atoms with Crippen LogP contribution >= 0.6 is 0 Å². The number of nitrogens with zero attached hydrogens (tertiary/aromatic N) is 1. The summed E-state index contributed by atoms with van der Waals surface area (Å²) < 4.78 is 95.8. The summed E-state index contributed by atoms with van der Waals surface area (Å²) in [5.41, 5.74) is -0.355. The summed E-state index contributed by atoms with van der Waals surface area (Å²) in [5, 5.41) is 0. The van der Waals surface area contributed by atoms with E-state index in [4.69, 9.17) is 19.2 Å². The van der Waals surface area contributed by atoms with Crippen LogP contribution in [0.15, 0.2) is 59.6 Å². The van der Waals surface area contributed by atoms with Crippen molar-refractivity contribution >= 4 is 5.71 Å². The Balaban J connectivity index is 1.76. The zero-order valence-electron chi connectivity index (χ0n) is 20.3. The molecule has 10 heteroatoms. The molecule has 0 amide bonds. The van der Waals surface area contributed by atoms with E-state index in [1.807, 2.05) is 19.9 Å². The lowest BCUT2D eigenvalue weighted by molar-refractivity contribution is -0.143. The second-order valence-corrected chi connectivity index (χ2v) is 9.17. The van der Waals surface area contributed by atoms with Gasteiger partial charge in [-0.25, -0.2) is 0 Å². The monoisotopic (exact) mass is 523 g/mol. The smallest absolute Gasteiger partial charge is 0.416 e. The number of benzene rings is 3. The number of halogens is 6. The van der Waals surface area contributed by atoms with E-state index in [1.165, 1.54) is 26.4 Å². The van der Waals surface area contributed by atoms with E-state index in [0.717, 1.165) is 11.1 Å². The van der Waals surface area contributed by atoms with E-state index in [-0.39, 0.29) is 17.2 Å². The van der Waals surface area contributed by atoms with Gasteiger partial charge in [-0.3, -0.25) is 4.99 Å². The maximum Gasteiger partial charge on any atom is 0.416 e. The standard InChI is InChI=1S/C27H23F6NO3/c1-25(2)14-34-24(20-12-22(35-3)23(36-4)13-21(20)25)15-6-5-7-18(8-15)37-19-10-16(26(28,29)30)9-17(11-19)27(31,32)33/h5-13H,14H2,1-4H3. The first kappa shape index (κ1) is 26.4. The highest BCUT2D eigenvalue weighted by atomic mass is 19.4. The van der Waals surface area contributed by atoms with Gasteiger partial charge in [0.1, 0.15) is 11.5 Å². The van der Waals surface area contributed by atoms with Crippen LogP contribution in [0.25, 0.3) is 0 Å². The van der Waals surface area contributed by atoms with Gasteiger partial charge in [0.25, 0.3) is 0 Å². The Bertz CT molecular complexity index is 1330. The Morgan fingerprint density at radius 3 is 1.92 bits per heavy atom. The van der Waals surface area contributed by atoms with Crippen LogP contribution in [0, 0.1) is 0 Å². The minimum Gasteiger partial charge on any atom is -0.493 e. The van der Waals surface area contributed by atoms with Gasteiger partial charge >= 0.3 is 12.4 Å². The molecule has 0 unspecified atom stereocenters. The van der Waals surface area contributed by atoms with E-state index < -0.39 is 29.2 Å². The molecule has 1 aliphatic heterocycles. The highest BCUT2D eigenvalue weighted by Crippen LogP contribution is 2.41. The van der Waals surface area contributed by atoms with Gasteiger partial charge in [0.2, 0.25) is 0 Å². The summed E-state index contributed by atoms with van der Waals surface area (Å²) in [6.07, 6.45) is -9.96. The van der Waals surface area contributed by atoms with E-state index in [2.05, 4.69) is 0 Å². The molecule has 4 rings (SSSR count). The van der Waals surface area contributed by atoms with E-state index in [1.54, 1.807) is 18.2 Å². The fourth-order valence-corrected chi connectivity index (χ4v) is 4.16. The first-order valence-corrected chi connectivity index (χ1v) is 11.1. The Morgan fingerprint density at radius 1 is 0.757 bits per heavy atom. The molecular formula is C27H23F6NO3. The molecule has 0 aliphatic carbocycles. The summed E-state index contributed by atoms with van der Waals surface area (Å²) in [5.74, 6) is 0.512. The molecule has 0 bridgehead atoms. The summed E-state index contributed by atoms with van der Waals surface area (Å²) >= 11 is 0. The fraction of sp³-hybridized carbons (Fsp3) is 0.296. The van der Waals surface area contributed by atoms with Crippen molar-refractivity contribution in [3.05, 3.63) is 82.4 Å². The van der Waals surface area contributed by atoms with Gasteiger partial charge in [0, 0.05) is 23.1 Å². The Hall–Kier alpha value is -3.69. The van der Waals surface area contributed by atoms with Crippen molar-refractivity contribution in [3.8, 4) is 23.0 Å². The third kappa shape index (κ3) is 5.38. The fourth-order valence-electron chi connectivity index (χ4n) is 4.16. The van der Waals surface area contributed by atoms with Gasteiger partial charge < -0.3 is 14.2 Å². The predicted molar refractivity (Wildman–Crippen MR) is 126 cm³/mol. The molecule has 1 aliphatic rings. The van der Waals surface area contributed by atoms with Crippen LogP contribution in [-0.2, 0) is 17.8 Å². The maximum absolute atomic E-state index is 13.2. The van der Waals surface area contributed by atoms with Crippen molar-refractivity contribution in [2.24, 2.45) is 4.99 Å². The van der Waals surface area contributed by atoms with Crippen LogP contribution < -0.4 is 14.2 Å². The third-order valence-electron chi connectivity index (χ3n) is 6.04. The van der Waals surface area contributed by atoms with Gasteiger partial charge in [-0.05, 0) is 48.0 Å². The van der Waals surface area contributed by atoms with Crippen LogP contribution in [-0.4, -0.2) is 26.5 Å². The lowest BCUT2D eigenvalue weighted by atomic mass is 9.77. The van der Waals surface area contributed by atoms with Gasteiger partial charge in [0.15, 0.2) is 11.5 Å². The average Bonchev–Trinajstić information content (AvgIpc) is 2.82. The van der Waals surface area contributed by atoms with Crippen molar-refractivity contribution in [1.82, 2.24) is 0 Å². The maximum atomic E-state index is 13.2. The molecular weight excluding hydrogens is 500 g/mol. The first-order chi connectivity index (χ1) is 17.2. The molecule has 3 aromatic carbocycles. The molecule has 0 fully saturated rings. The lowest BCUT2D eigenvalue weighted by Crippen LogP contribution is -2.30. The predicted octanol–water partition coefficient (Wildman–Crippen LogP) is 7.66. The van der Waals surface area contributed by atoms with Crippen molar-refractivity contribution in [2.75, 3.05) is 20.8 Å². The summed E-state index contributed by atoms with van der Waals surface area (Å²) in [6.45, 7) is 4.51. The molecule has 196 valence electrons. The Kier molecular flexibility index (Phi) is 6.64. The topological polar surface area (TPSA) is 40.0 Å². The van der Waals surface area contributed by atoms with Gasteiger partial charge in [-0.15, -0.1) is 0 Å². The largest absolute Gasteiger partial charge is 0.493 e. The van der Waals surface area contributed by atoms with Crippen LogP contribution in [0.5, 0.6) is 23.0 Å². The van der Waals surface area contributed by atoms with Gasteiger partial charge in [0.05, 0.1) is 31.1 Å². The molecule has 0 spiro atoms. The second kappa shape index (κ2) is 9.32. The minimum atomic E-state index is -4.98. The number of ether oxygens (including phenoxy) is 3. The van der Waals surface area contributed by atoms with Gasteiger partial charge in [-0.1, -0.05) is 26.0 Å². The minimum absolute atomic E-state index is 0.0551. The normalized spacial score (nSPS) is 15.0. The zero-order valence-corrected chi connectivity index (χ0v) is 20.3. The van der Waals surface area contributed by atoms with Crippen molar-refractivity contribution in [1.29, 1.82) is 0 Å². The van der Waals surface area contributed by atoms with Gasteiger partial charge in [-0.2, -0.15) is 26.3 Å². The number of alkyl halides is 6. The Morgan fingerprint density at radius 2 is 1.35 bits per heavy atom. The molecule has 37 heavy (non-hydrogen) atoms. The highest BCUT2D eigenvalue weighted by molar-refractivity contribution is 6.15. The van der Waals surface area contributed by atoms with E-state index >= 15 is 0 Å². The van der Waals surface area contributed by atoms with Crippen LogP contribution in [0.4, 0.5) is 26.3 Å². The Labute approximate surface area is 209 Å². The average molecular weight is 523 g/mol. The molecule has 0 atom stereocenters. The van der Waals surface area contributed by atoms with E-state index in [0.29, 0.717) is 41.5 Å². The molecule has 0 radical (unpaired) electrons. The summed E-state index contributed by atoms with van der Waals surface area (Å²) in [7, 11) is 3.04. The number of hydrogen-bond donors (Lipinski definition) is 0. The SMILES string of the molecule is COc1cc2c(cc1OC)C(C)(C)CN=C2c1cccc(Oc2cc(C(F)(F)F)cc(C(F)(F)F)c2)c1. The second-order valence-electron chi connectivity index (χ2n) is 9.17. The number of rotatable bonds is 5. The molecule has 1 heterocycles. The molecule has 0 saturated heterocycles. The molecule has 0 aromatic heterocycles. The van der Waals surface area contributed by atoms with Crippen molar-refractivity contribution in [3.63, 3.8) is 0 Å². The van der Waals surface area contributed by atoms with Crippen molar-refractivity contribution < 1.29 is 40.6 Å². The van der Waals surface area contributed by atoms with Crippen LogP contribution in [0.3, 0.4) is 0 Å². The van der Waals surface area contributed by atoms with E-state index in [9.17, 15) is 26.3 Å². The molecule has 4 nitrogen and oxygen atoms in total. The molecule has 0 N–H and O–H groups in total. The first-order valence-electron chi connectivity index (χ1n) is 11.1. The quantitative estimate of drug-likeness (QED) is 0.323. The number of aliphatic imine (C=N–C) groups is 1. The lowest BCUT2D eigenvalue weighted by Gasteiger charge is -2.32. The summed E-state index contributed by atoms with van der Waals surface area (Å²) in [4.78, 5) is 4.73. The zero-order chi connectivity index (χ0) is 27.2. The third-order valence-corrected chi connectivity index (χ3v) is 6.04. The van der Waals surface area contributed by atoms with Crippen molar-refractivity contribution in [2.45, 2.75) is 31.6 Å². The molecule has 3 aromatic rings. The number of fused-ring (bicyclic) bond motifs is 1. The highest BCUT2D eigenvalue weighted by Gasteiger charge is 2.37. The van der Waals surface area contributed by atoms with Crippen LogP contribution in [0.1, 0.15) is 41.7 Å².